The van der Waals surface area contributed by atoms with Gasteiger partial charge in [0.15, 0.2) is 5.60 Å². The fraction of sp³-hybridized carbons (Fsp3) is 0.857. The first-order valence-electron chi connectivity index (χ1n) is 7.45. The van der Waals surface area contributed by atoms with Gasteiger partial charge in [0.2, 0.25) is 0 Å². The van der Waals surface area contributed by atoms with Gasteiger partial charge in [-0.1, -0.05) is 12.8 Å². The van der Waals surface area contributed by atoms with Crippen LogP contribution in [0, 0.1) is 5.92 Å². The second kappa shape index (κ2) is 5.81. The Kier molecular flexibility index (Phi) is 4.43. The maximum Gasteiger partial charge on any atom is 0.337 e. The Bertz CT molecular complexity index is 426. The third-order valence-corrected chi connectivity index (χ3v) is 4.76. The molecule has 1 aliphatic carbocycles. The lowest BCUT2D eigenvalue weighted by atomic mass is 9.71. The van der Waals surface area contributed by atoms with E-state index in [4.69, 9.17) is 5.11 Å². The molecule has 1 saturated carbocycles. The molecule has 7 heteroatoms. The molecule has 1 saturated heterocycles. The van der Waals surface area contributed by atoms with E-state index in [0.29, 0.717) is 19.5 Å². The zero-order valence-corrected chi connectivity index (χ0v) is 12.3. The van der Waals surface area contributed by atoms with Gasteiger partial charge in [0.25, 0.3) is 0 Å². The zero-order chi connectivity index (χ0) is 15.7. The van der Waals surface area contributed by atoms with Crippen molar-refractivity contribution in [3.8, 4) is 0 Å². The van der Waals surface area contributed by atoms with Crippen LogP contribution in [0.25, 0.3) is 0 Å². The fourth-order valence-electron chi connectivity index (χ4n) is 3.19. The first kappa shape index (κ1) is 16.0. The minimum Gasteiger partial charge on any atom is -0.479 e. The van der Waals surface area contributed by atoms with Gasteiger partial charge in [-0.05, 0) is 26.2 Å². The summed E-state index contributed by atoms with van der Waals surface area (Å²) >= 11 is 0. The van der Waals surface area contributed by atoms with Gasteiger partial charge in [-0.3, -0.25) is 0 Å². The molecule has 0 radical (unpaired) electrons. The van der Waals surface area contributed by atoms with Crippen LogP contribution in [0.1, 0.15) is 39.0 Å². The molecule has 4 N–H and O–H groups in total. The number of carbonyl (C=O) groups excluding carboxylic acids is 1. The number of nitrogens with zero attached hydrogens (tertiary/aromatic N) is 1. The van der Waals surface area contributed by atoms with Crippen molar-refractivity contribution in [2.24, 2.45) is 5.92 Å². The lowest BCUT2D eigenvalue weighted by molar-refractivity contribution is -0.155. The summed E-state index contributed by atoms with van der Waals surface area (Å²) in [6.07, 6.45) is 4.35. The number of aliphatic carboxylic acids is 1. The summed E-state index contributed by atoms with van der Waals surface area (Å²) in [6, 6.07) is -0.385. The van der Waals surface area contributed by atoms with Gasteiger partial charge < -0.3 is 25.5 Å². The lowest BCUT2D eigenvalue weighted by Crippen LogP contribution is -2.58. The minimum absolute atomic E-state index is 0.0886. The van der Waals surface area contributed by atoms with Crippen LogP contribution in [-0.4, -0.2) is 63.1 Å². The smallest absolute Gasteiger partial charge is 0.337 e. The van der Waals surface area contributed by atoms with E-state index in [-0.39, 0.29) is 18.5 Å². The number of carboxylic acid groups (broad SMARTS) is 1. The highest BCUT2D eigenvalue weighted by molar-refractivity contribution is 5.79. The number of likely N-dealkylation sites (tertiary alicyclic amines) is 1. The van der Waals surface area contributed by atoms with E-state index in [1.165, 1.54) is 0 Å². The van der Waals surface area contributed by atoms with E-state index < -0.39 is 17.2 Å². The SMILES string of the molecule is CC(O)(CNC(=O)N1CCC2(O)CCCCC2C1)C(=O)O. The van der Waals surface area contributed by atoms with Gasteiger partial charge in [-0.15, -0.1) is 0 Å². The summed E-state index contributed by atoms with van der Waals surface area (Å²) in [5, 5.41) is 31.4. The van der Waals surface area contributed by atoms with Crippen molar-refractivity contribution in [2.75, 3.05) is 19.6 Å². The number of fused-ring (bicyclic) bond motifs is 1. The van der Waals surface area contributed by atoms with E-state index in [0.717, 1.165) is 32.6 Å². The molecule has 3 atom stereocenters. The van der Waals surface area contributed by atoms with Crippen molar-refractivity contribution in [3.05, 3.63) is 0 Å². The largest absolute Gasteiger partial charge is 0.479 e. The zero-order valence-electron chi connectivity index (χ0n) is 12.3. The van der Waals surface area contributed by atoms with Crippen LogP contribution in [-0.2, 0) is 4.79 Å². The van der Waals surface area contributed by atoms with E-state index >= 15 is 0 Å². The minimum atomic E-state index is -1.98. The number of piperidine rings is 1. The first-order valence-corrected chi connectivity index (χ1v) is 7.45. The van der Waals surface area contributed by atoms with Crippen LogP contribution in [0.3, 0.4) is 0 Å². The summed E-state index contributed by atoms with van der Waals surface area (Å²) in [4.78, 5) is 24.5. The van der Waals surface area contributed by atoms with Gasteiger partial charge in [-0.25, -0.2) is 9.59 Å². The van der Waals surface area contributed by atoms with Crippen molar-refractivity contribution >= 4 is 12.0 Å². The Morgan fingerprint density at radius 3 is 2.76 bits per heavy atom. The predicted molar refractivity (Wildman–Crippen MR) is 74.8 cm³/mol. The van der Waals surface area contributed by atoms with Crippen LogP contribution in [0.5, 0.6) is 0 Å². The van der Waals surface area contributed by atoms with Crippen LogP contribution < -0.4 is 5.32 Å². The van der Waals surface area contributed by atoms with Gasteiger partial charge in [-0.2, -0.15) is 0 Å². The molecule has 2 fully saturated rings. The van der Waals surface area contributed by atoms with Gasteiger partial charge in [0, 0.05) is 19.0 Å². The van der Waals surface area contributed by atoms with Gasteiger partial charge in [0.05, 0.1) is 12.1 Å². The number of carboxylic acids is 1. The predicted octanol–water partition coefficient (Wildman–Crippen LogP) is 0.159. The summed E-state index contributed by atoms with van der Waals surface area (Å²) in [5.41, 5.74) is -2.63. The van der Waals surface area contributed by atoms with Crippen molar-refractivity contribution in [3.63, 3.8) is 0 Å². The third kappa shape index (κ3) is 3.47. The third-order valence-electron chi connectivity index (χ3n) is 4.76. The fourth-order valence-corrected chi connectivity index (χ4v) is 3.19. The number of amides is 2. The maximum atomic E-state index is 12.1. The number of aliphatic hydroxyl groups is 2. The van der Waals surface area contributed by atoms with Crippen molar-refractivity contribution in [1.82, 2.24) is 10.2 Å². The standard InChI is InChI=1S/C14H24N2O5/c1-13(20,11(17)18)9-15-12(19)16-7-6-14(21)5-3-2-4-10(14)8-16/h10,20-21H,2-9H2,1H3,(H,15,19)(H,17,18). The molecule has 1 heterocycles. The van der Waals surface area contributed by atoms with E-state index in [1.807, 2.05) is 0 Å². The molecular weight excluding hydrogens is 276 g/mol. The normalized spacial score (nSPS) is 32.0. The molecule has 1 aliphatic heterocycles. The summed E-state index contributed by atoms with van der Waals surface area (Å²) in [7, 11) is 0. The van der Waals surface area contributed by atoms with Gasteiger partial charge >= 0.3 is 12.0 Å². The number of nitrogens with one attached hydrogen (secondary N) is 1. The van der Waals surface area contributed by atoms with Crippen LogP contribution in [0.4, 0.5) is 4.79 Å². The monoisotopic (exact) mass is 300 g/mol. The molecule has 0 aromatic heterocycles. The topological polar surface area (TPSA) is 110 Å². The number of carbonyl (C=O) groups is 2. The molecule has 3 unspecified atom stereocenters. The highest BCUT2D eigenvalue weighted by Gasteiger charge is 2.44. The Morgan fingerprint density at radius 1 is 1.38 bits per heavy atom. The average Bonchev–Trinajstić information content (AvgIpc) is 2.43. The molecule has 7 nitrogen and oxygen atoms in total. The summed E-state index contributed by atoms with van der Waals surface area (Å²) < 4.78 is 0. The summed E-state index contributed by atoms with van der Waals surface area (Å²) in [6.45, 7) is 1.74. The van der Waals surface area contributed by atoms with E-state index in [1.54, 1.807) is 4.90 Å². The molecule has 2 amide bonds. The molecule has 0 aromatic rings. The number of hydrogen-bond acceptors (Lipinski definition) is 4. The Hall–Kier alpha value is -1.34. The van der Waals surface area contributed by atoms with Crippen molar-refractivity contribution < 1.29 is 24.9 Å². The van der Waals surface area contributed by atoms with E-state index in [9.17, 15) is 19.8 Å². The molecule has 0 bridgehead atoms. The molecular formula is C14H24N2O5. The molecule has 21 heavy (non-hydrogen) atoms. The number of hydrogen-bond donors (Lipinski definition) is 4. The molecule has 2 aliphatic rings. The second-order valence-corrected chi connectivity index (χ2v) is 6.48. The van der Waals surface area contributed by atoms with Crippen LogP contribution in [0.2, 0.25) is 0 Å². The molecule has 0 aromatic carbocycles. The van der Waals surface area contributed by atoms with Crippen LogP contribution >= 0.6 is 0 Å². The Labute approximate surface area is 123 Å². The highest BCUT2D eigenvalue weighted by Crippen LogP contribution is 2.39. The maximum absolute atomic E-state index is 12.1. The Balaban J connectivity index is 1.88. The number of rotatable bonds is 3. The summed E-state index contributed by atoms with van der Waals surface area (Å²) in [5.74, 6) is -1.28. The first-order chi connectivity index (χ1) is 9.74. The Morgan fingerprint density at radius 2 is 2.10 bits per heavy atom. The second-order valence-electron chi connectivity index (χ2n) is 6.48. The molecule has 2 rings (SSSR count). The molecule has 0 spiro atoms. The highest BCUT2D eigenvalue weighted by atomic mass is 16.4. The molecule has 120 valence electrons. The van der Waals surface area contributed by atoms with E-state index in [2.05, 4.69) is 5.32 Å². The average molecular weight is 300 g/mol. The number of urea groups is 1. The van der Waals surface area contributed by atoms with Crippen molar-refractivity contribution in [2.45, 2.75) is 50.2 Å². The quantitative estimate of drug-likeness (QED) is 0.593. The lowest BCUT2D eigenvalue weighted by Gasteiger charge is -2.47. The van der Waals surface area contributed by atoms with Crippen molar-refractivity contribution in [1.29, 1.82) is 0 Å². The van der Waals surface area contributed by atoms with Crippen LogP contribution in [0.15, 0.2) is 0 Å². The van der Waals surface area contributed by atoms with Gasteiger partial charge in [0.1, 0.15) is 0 Å².